The van der Waals surface area contributed by atoms with Gasteiger partial charge >= 0.3 is 5.97 Å². The molecule has 2 aromatic rings. The van der Waals surface area contributed by atoms with E-state index in [0.717, 1.165) is 0 Å². The van der Waals surface area contributed by atoms with Gasteiger partial charge in [0.15, 0.2) is 0 Å². The lowest BCUT2D eigenvalue weighted by molar-refractivity contribution is 0.0698. The maximum Gasteiger partial charge on any atom is 0.337 e. The number of nitrogens with one attached hydrogen (secondary N) is 1. The molecule has 1 aromatic carbocycles. The Hall–Kier alpha value is -2.89. The minimum Gasteiger partial charge on any atom is -0.478 e. The lowest BCUT2D eigenvalue weighted by atomic mass is 10.1. The predicted molar refractivity (Wildman–Crippen MR) is 70.0 cm³/mol. The summed E-state index contributed by atoms with van der Waals surface area (Å²) in [6, 6.07) is 9.07. The van der Waals surface area contributed by atoms with Crippen molar-refractivity contribution in [3.63, 3.8) is 0 Å². The highest BCUT2D eigenvalue weighted by Gasteiger charge is 2.14. The van der Waals surface area contributed by atoms with Gasteiger partial charge in [0.1, 0.15) is 5.69 Å². The maximum atomic E-state index is 11.9. The third-order valence-corrected chi connectivity index (χ3v) is 2.42. The molecule has 0 bridgehead atoms. The number of nitrogens with zero attached hydrogens (tertiary/aromatic N) is 1. The number of nitrogens with two attached hydrogens (primary N) is 1. The van der Waals surface area contributed by atoms with Gasteiger partial charge in [-0.3, -0.25) is 9.78 Å². The summed E-state index contributed by atoms with van der Waals surface area (Å²) in [4.78, 5) is 26.8. The zero-order valence-electron chi connectivity index (χ0n) is 9.83. The molecule has 0 atom stereocenters. The van der Waals surface area contributed by atoms with Gasteiger partial charge in [-0.1, -0.05) is 6.07 Å². The fraction of sp³-hybridized carbons (Fsp3) is 0. The summed E-state index contributed by atoms with van der Waals surface area (Å²) in [7, 11) is 0. The highest BCUT2D eigenvalue weighted by atomic mass is 16.4. The van der Waals surface area contributed by atoms with E-state index in [1.165, 1.54) is 30.5 Å². The van der Waals surface area contributed by atoms with Crippen molar-refractivity contribution in [2.24, 2.45) is 0 Å². The Kier molecular flexibility index (Phi) is 3.42. The van der Waals surface area contributed by atoms with Gasteiger partial charge < -0.3 is 16.2 Å². The first-order valence-electron chi connectivity index (χ1n) is 5.43. The fourth-order valence-corrected chi connectivity index (χ4v) is 1.54. The van der Waals surface area contributed by atoms with E-state index >= 15 is 0 Å². The second-order valence-corrected chi connectivity index (χ2v) is 3.78. The summed E-state index contributed by atoms with van der Waals surface area (Å²) >= 11 is 0. The number of carboxylic acids is 1. The van der Waals surface area contributed by atoms with E-state index in [9.17, 15) is 9.59 Å². The topological polar surface area (TPSA) is 105 Å². The van der Waals surface area contributed by atoms with Crippen LogP contribution in [0.15, 0.2) is 42.6 Å². The molecule has 0 saturated carbocycles. The first kappa shape index (κ1) is 12.6. The van der Waals surface area contributed by atoms with Gasteiger partial charge in [-0.25, -0.2) is 4.79 Å². The standard InChI is InChI=1S/C13H11N3O3/c14-8-4-5-9(13(18)19)11(7-8)16-12(17)10-3-1-2-6-15-10/h1-7H,14H2,(H,16,17)(H,18,19). The number of carbonyl (C=O) groups excluding carboxylic acids is 1. The number of aromatic nitrogens is 1. The Bertz CT molecular complexity index is 626. The van der Waals surface area contributed by atoms with E-state index in [1.807, 2.05) is 0 Å². The van der Waals surface area contributed by atoms with Crippen molar-refractivity contribution in [1.29, 1.82) is 0 Å². The molecule has 2 rings (SSSR count). The summed E-state index contributed by atoms with van der Waals surface area (Å²) in [5.74, 6) is -1.63. The number of pyridine rings is 1. The Balaban J connectivity index is 2.31. The fourth-order valence-electron chi connectivity index (χ4n) is 1.54. The SMILES string of the molecule is Nc1ccc(C(=O)O)c(NC(=O)c2ccccn2)c1. The molecule has 1 amide bonds. The number of rotatable bonds is 3. The zero-order valence-corrected chi connectivity index (χ0v) is 9.83. The Morgan fingerprint density at radius 3 is 2.63 bits per heavy atom. The number of hydrogen-bond acceptors (Lipinski definition) is 4. The molecule has 1 heterocycles. The van der Waals surface area contributed by atoms with Gasteiger partial charge in [0.25, 0.3) is 5.91 Å². The summed E-state index contributed by atoms with van der Waals surface area (Å²) in [6.07, 6.45) is 1.48. The monoisotopic (exact) mass is 257 g/mol. The van der Waals surface area contributed by atoms with Crippen LogP contribution in [-0.4, -0.2) is 22.0 Å². The maximum absolute atomic E-state index is 11.9. The Morgan fingerprint density at radius 2 is 2.00 bits per heavy atom. The number of aromatic carboxylic acids is 1. The van der Waals surface area contributed by atoms with Gasteiger partial charge in [0.05, 0.1) is 11.3 Å². The lowest BCUT2D eigenvalue weighted by Gasteiger charge is -2.08. The number of benzene rings is 1. The van der Waals surface area contributed by atoms with Crippen LogP contribution in [-0.2, 0) is 0 Å². The normalized spacial score (nSPS) is 9.89. The largest absolute Gasteiger partial charge is 0.478 e. The van der Waals surface area contributed by atoms with Gasteiger partial charge in [0, 0.05) is 11.9 Å². The Labute approximate surface area is 108 Å². The molecular formula is C13H11N3O3. The molecule has 19 heavy (non-hydrogen) atoms. The quantitative estimate of drug-likeness (QED) is 0.724. The molecule has 1 aromatic heterocycles. The number of anilines is 2. The molecule has 0 spiro atoms. The molecule has 0 saturated heterocycles. The summed E-state index contributed by atoms with van der Waals surface area (Å²) in [5, 5.41) is 11.5. The zero-order chi connectivity index (χ0) is 13.8. The molecule has 96 valence electrons. The van der Waals surface area contributed by atoms with Gasteiger partial charge in [0.2, 0.25) is 0 Å². The van der Waals surface area contributed by atoms with Crippen LogP contribution in [0, 0.1) is 0 Å². The first-order valence-corrected chi connectivity index (χ1v) is 5.43. The predicted octanol–water partition coefficient (Wildman–Crippen LogP) is 1.61. The second kappa shape index (κ2) is 5.18. The number of carboxylic acid groups (broad SMARTS) is 1. The van der Waals surface area contributed by atoms with Crippen LogP contribution in [0.4, 0.5) is 11.4 Å². The second-order valence-electron chi connectivity index (χ2n) is 3.78. The molecule has 0 radical (unpaired) electrons. The van der Waals surface area contributed by atoms with Crippen molar-refractivity contribution >= 4 is 23.3 Å². The van der Waals surface area contributed by atoms with Crippen LogP contribution >= 0.6 is 0 Å². The average Bonchev–Trinajstić information content (AvgIpc) is 2.39. The van der Waals surface area contributed by atoms with Crippen LogP contribution < -0.4 is 11.1 Å². The van der Waals surface area contributed by atoms with Gasteiger partial charge in [-0.2, -0.15) is 0 Å². The highest BCUT2D eigenvalue weighted by Crippen LogP contribution is 2.19. The molecule has 4 N–H and O–H groups in total. The number of nitrogen functional groups attached to an aromatic ring is 1. The van der Waals surface area contributed by atoms with Crippen molar-refractivity contribution in [3.8, 4) is 0 Å². The molecule has 6 nitrogen and oxygen atoms in total. The molecule has 0 aliphatic carbocycles. The van der Waals surface area contributed by atoms with Crippen LogP contribution in [0.2, 0.25) is 0 Å². The highest BCUT2D eigenvalue weighted by molar-refractivity contribution is 6.07. The average molecular weight is 257 g/mol. The third kappa shape index (κ3) is 2.86. The lowest BCUT2D eigenvalue weighted by Crippen LogP contribution is -2.16. The van der Waals surface area contributed by atoms with Crippen LogP contribution in [0.25, 0.3) is 0 Å². The molecule has 0 aliphatic rings. The van der Waals surface area contributed by atoms with Crippen LogP contribution in [0.1, 0.15) is 20.8 Å². The molecular weight excluding hydrogens is 246 g/mol. The van der Waals surface area contributed by atoms with Gasteiger partial charge in [-0.05, 0) is 30.3 Å². The van der Waals surface area contributed by atoms with E-state index in [0.29, 0.717) is 5.69 Å². The van der Waals surface area contributed by atoms with Crippen molar-refractivity contribution in [2.45, 2.75) is 0 Å². The number of carbonyl (C=O) groups is 2. The number of amides is 1. The summed E-state index contributed by atoms with van der Waals surface area (Å²) < 4.78 is 0. The van der Waals surface area contributed by atoms with Crippen LogP contribution in [0.5, 0.6) is 0 Å². The molecule has 0 fully saturated rings. The van der Waals surface area contributed by atoms with Gasteiger partial charge in [-0.15, -0.1) is 0 Å². The smallest absolute Gasteiger partial charge is 0.337 e. The molecule has 0 unspecified atom stereocenters. The van der Waals surface area contributed by atoms with E-state index in [-0.39, 0.29) is 16.9 Å². The van der Waals surface area contributed by atoms with E-state index < -0.39 is 11.9 Å². The van der Waals surface area contributed by atoms with Crippen molar-refractivity contribution in [3.05, 3.63) is 53.9 Å². The van der Waals surface area contributed by atoms with Crippen LogP contribution in [0.3, 0.4) is 0 Å². The van der Waals surface area contributed by atoms with E-state index in [4.69, 9.17) is 10.8 Å². The summed E-state index contributed by atoms with van der Waals surface area (Å²) in [6.45, 7) is 0. The summed E-state index contributed by atoms with van der Waals surface area (Å²) in [5.41, 5.74) is 6.25. The van der Waals surface area contributed by atoms with Crippen molar-refractivity contribution in [1.82, 2.24) is 4.98 Å². The Morgan fingerprint density at radius 1 is 1.21 bits per heavy atom. The van der Waals surface area contributed by atoms with Crippen molar-refractivity contribution < 1.29 is 14.7 Å². The first-order chi connectivity index (χ1) is 9.08. The van der Waals surface area contributed by atoms with E-state index in [1.54, 1.807) is 12.1 Å². The number of hydrogen-bond donors (Lipinski definition) is 3. The van der Waals surface area contributed by atoms with E-state index in [2.05, 4.69) is 10.3 Å². The minimum atomic E-state index is -1.14. The van der Waals surface area contributed by atoms with Crippen molar-refractivity contribution in [2.75, 3.05) is 11.1 Å². The minimum absolute atomic E-state index is 0.0292. The molecule has 0 aliphatic heterocycles. The molecule has 6 heteroatoms. The third-order valence-electron chi connectivity index (χ3n) is 2.42.